The van der Waals surface area contributed by atoms with Crippen LogP contribution in [0.5, 0.6) is 0 Å². The number of benzene rings is 1. The van der Waals surface area contributed by atoms with Crippen LogP contribution in [0.3, 0.4) is 0 Å². The van der Waals surface area contributed by atoms with Gasteiger partial charge in [-0.2, -0.15) is 0 Å². The van der Waals surface area contributed by atoms with Gasteiger partial charge in [-0.05, 0) is 54.4 Å². The number of hydrogen-bond donors (Lipinski definition) is 1. The molecule has 1 aliphatic rings. The molecule has 1 unspecified atom stereocenters. The van der Waals surface area contributed by atoms with Crippen LogP contribution in [-0.4, -0.2) is 37.0 Å². The van der Waals surface area contributed by atoms with Gasteiger partial charge >= 0.3 is 0 Å². The number of likely N-dealkylation sites (tertiary alicyclic amines) is 1. The molecule has 1 N–H and O–H groups in total. The van der Waals surface area contributed by atoms with Crippen molar-refractivity contribution in [2.24, 2.45) is 0 Å². The topological polar surface area (TPSA) is 32.3 Å². The van der Waals surface area contributed by atoms with Crippen molar-refractivity contribution in [1.82, 2.24) is 10.2 Å². The Bertz CT molecular complexity index is 465. The van der Waals surface area contributed by atoms with E-state index < -0.39 is 0 Å². The third-order valence-corrected chi connectivity index (χ3v) is 4.81. The Balaban J connectivity index is 2.23. The number of rotatable bonds is 3. The highest BCUT2D eigenvalue weighted by Crippen LogP contribution is 2.28. The zero-order valence-electron chi connectivity index (χ0n) is 11.0. The second kappa shape index (κ2) is 6.73. The van der Waals surface area contributed by atoms with Crippen LogP contribution in [0, 0.1) is 0 Å². The highest BCUT2D eigenvalue weighted by molar-refractivity contribution is 9.10. The smallest absolute Gasteiger partial charge is 0.255 e. The van der Waals surface area contributed by atoms with E-state index in [1.807, 2.05) is 24.1 Å². The van der Waals surface area contributed by atoms with E-state index in [1.165, 1.54) is 6.42 Å². The molecule has 0 saturated carbocycles. The van der Waals surface area contributed by atoms with Crippen LogP contribution in [-0.2, 0) is 0 Å². The van der Waals surface area contributed by atoms with Crippen LogP contribution in [0.15, 0.2) is 22.7 Å². The molecule has 1 aromatic rings. The molecule has 1 heterocycles. The van der Waals surface area contributed by atoms with Crippen LogP contribution in [0.2, 0.25) is 5.02 Å². The van der Waals surface area contributed by atoms with Crippen molar-refractivity contribution in [3.8, 4) is 0 Å². The molecule has 5 heteroatoms. The second-order valence-corrected chi connectivity index (χ2v) is 6.04. The van der Waals surface area contributed by atoms with Crippen molar-refractivity contribution >= 4 is 33.4 Å². The quantitative estimate of drug-likeness (QED) is 0.911. The van der Waals surface area contributed by atoms with Crippen LogP contribution in [0.1, 0.15) is 29.6 Å². The molecule has 1 atom stereocenters. The van der Waals surface area contributed by atoms with Gasteiger partial charge in [0, 0.05) is 23.6 Å². The molecule has 0 bridgehead atoms. The highest BCUT2D eigenvalue weighted by atomic mass is 79.9. The predicted octanol–water partition coefficient (Wildman–Crippen LogP) is 3.32. The maximum absolute atomic E-state index is 12.7. The third kappa shape index (κ3) is 3.30. The van der Waals surface area contributed by atoms with Crippen molar-refractivity contribution in [2.45, 2.75) is 25.3 Å². The van der Waals surface area contributed by atoms with Gasteiger partial charge in [0.1, 0.15) is 0 Å². The molecule has 1 fully saturated rings. The Kier molecular flexibility index (Phi) is 5.25. The Morgan fingerprint density at radius 1 is 1.53 bits per heavy atom. The van der Waals surface area contributed by atoms with Gasteiger partial charge in [-0.25, -0.2) is 0 Å². The van der Waals surface area contributed by atoms with Gasteiger partial charge in [0.05, 0.1) is 10.6 Å². The monoisotopic (exact) mass is 344 g/mol. The molecule has 1 aromatic carbocycles. The largest absolute Gasteiger partial charge is 0.334 e. The number of nitrogens with zero attached hydrogens (tertiary/aromatic N) is 1. The van der Waals surface area contributed by atoms with Gasteiger partial charge < -0.3 is 10.2 Å². The molecule has 0 aromatic heterocycles. The Morgan fingerprint density at radius 2 is 2.32 bits per heavy atom. The molecule has 3 nitrogen and oxygen atoms in total. The van der Waals surface area contributed by atoms with Gasteiger partial charge in [-0.15, -0.1) is 0 Å². The Morgan fingerprint density at radius 3 is 3.05 bits per heavy atom. The normalized spacial score (nSPS) is 19.5. The van der Waals surface area contributed by atoms with Crippen molar-refractivity contribution < 1.29 is 4.79 Å². The first-order valence-corrected chi connectivity index (χ1v) is 7.72. The second-order valence-electron chi connectivity index (χ2n) is 4.81. The summed E-state index contributed by atoms with van der Waals surface area (Å²) in [4.78, 5) is 14.6. The van der Waals surface area contributed by atoms with E-state index in [1.54, 1.807) is 6.07 Å². The maximum Gasteiger partial charge on any atom is 0.255 e. The zero-order chi connectivity index (χ0) is 13.8. The number of hydrogen-bond acceptors (Lipinski definition) is 2. The maximum atomic E-state index is 12.7. The summed E-state index contributed by atoms with van der Waals surface area (Å²) >= 11 is 9.59. The van der Waals surface area contributed by atoms with E-state index >= 15 is 0 Å². The number of nitrogens with one attached hydrogen (secondary N) is 1. The number of piperidine rings is 1. The fourth-order valence-corrected chi connectivity index (χ4v) is 3.11. The Labute approximate surface area is 127 Å². The number of halogens is 2. The minimum absolute atomic E-state index is 0.0336. The van der Waals surface area contributed by atoms with Crippen LogP contribution in [0.4, 0.5) is 0 Å². The number of carbonyl (C=O) groups is 1. The Hall–Kier alpha value is -0.580. The summed E-state index contributed by atoms with van der Waals surface area (Å²) in [5.41, 5.74) is 0.582. The molecule has 19 heavy (non-hydrogen) atoms. The van der Waals surface area contributed by atoms with Gasteiger partial charge in [0.2, 0.25) is 0 Å². The van der Waals surface area contributed by atoms with Crippen molar-refractivity contribution in [3.63, 3.8) is 0 Å². The minimum Gasteiger partial charge on any atom is -0.334 e. The molecule has 0 spiro atoms. The van der Waals surface area contributed by atoms with Crippen molar-refractivity contribution in [2.75, 3.05) is 20.1 Å². The van der Waals surface area contributed by atoms with Gasteiger partial charge in [0.15, 0.2) is 0 Å². The average molecular weight is 346 g/mol. The van der Waals surface area contributed by atoms with E-state index in [-0.39, 0.29) is 11.9 Å². The van der Waals surface area contributed by atoms with Crippen LogP contribution < -0.4 is 5.32 Å². The molecule has 1 aliphatic heterocycles. The lowest BCUT2D eigenvalue weighted by molar-refractivity contribution is 0.0615. The molecule has 0 radical (unpaired) electrons. The summed E-state index contributed by atoms with van der Waals surface area (Å²) in [7, 11) is 1.92. The average Bonchev–Trinajstić information content (AvgIpc) is 2.42. The molecule has 1 amide bonds. The molecule has 0 aliphatic carbocycles. The minimum atomic E-state index is 0.0336. The fourth-order valence-electron chi connectivity index (χ4n) is 2.54. The van der Waals surface area contributed by atoms with Crippen LogP contribution in [0.25, 0.3) is 0 Å². The van der Waals surface area contributed by atoms with Gasteiger partial charge in [0.25, 0.3) is 5.91 Å². The summed E-state index contributed by atoms with van der Waals surface area (Å²) in [6.45, 7) is 1.64. The summed E-state index contributed by atoms with van der Waals surface area (Å²) in [5, 5.41) is 3.66. The molecule has 1 saturated heterocycles. The molecule has 2 rings (SSSR count). The highest BCUT2D eigenvalue weighted by Gasteiger charge is 2.28. The first-order chi connectivity index (χ1) is 9.15. The van der Waals surface area contributed by atoms with E-state index in [9.17, 15) is 4.79 Å². The summed E-state index contributed by atoms with van der Waals surface area (Å²) in [6.07, 6.45) is 3.30. The molecular weight excluding hydrogens is 328 g/mol. The van der Waals surface area contributed by atoms with E-state index in [4.69, 9.17) is 11.6 Å². The number of amides is 1. The standard InChI is InChI=1S/C14H18BrClN2O/c1-17-9-10-5-2-3-8-18(10)14(19)11-6-4-7-12(15)13(11)16/h4,6-7,10,17H,2-3,5,8-9H2,1H3. The SMILES string of the molecule is CNCC1CCCCN1C(=O)c1cccc(Br)c1Cl. The number of carbonyl (C=O) groups excluding carboxylic acids is 1. The lowest BCUT2D eigenvalue weighted by Gasteiger charge is -2.36. The third-order valence-electron chi connectivity index (χ3n) is 3.51. The van der Waals surface area contributed by atoms with Gasteiger partial charge in [-0.1, -0.05) is 17.7 Å². The van der Waals surface area contributed by atoms with Crippen molar-refractivity contribution in [3.05, 3.63) is 33.3 Å². The number of likely N-dealkylation sites (N-methyl/N-ethyl adjacent to an activating group) is 1. The van der Waals surface area contributed by atoms with Crippen molar-refractivity contribution in [1.29, 1.82) is 0 Å². The lowest BCUT2D eigenvalue weighted by atomic mass is 10.0. The van der Waals surface area contributed by atoms with Gasteiger partial charge in [-0.3, -0.25) is 4.79 Å². The van der Waals surface area contributed by atoms with Crippen LogP contribution >= 0.6 is 27.5 Å². The molecular formula is C14H18BrClN2O. The first kappa shape index (κ1) is 14.8. The first-order valence-electron chi connectivity index (χ1n) is 6.54. The lowest BCUT2D eigenvalue weighted by Crippen LogP contribution is -2.48. The zero-order valence-corrected chi connectivity index (χ0v) is 13.3. The fraction of sp³-hybridized carbons (Fsp3) is 0.500. The van der Waals surface area contributed by atoms with E-state index in [0.29, 0.717) is 10.6 Å². The van der Waals surface area contributed by atoms with E-state index in [0.717, 1.165) is 30.4 Å². The molecule has 104 valence electrons. The summed E-state index contributed by atoms with van der Waals surface area (Å²) in [6, 6.07) is 5.75. The summed E-state index contributed by atoms with van der Waals surface area (Å²) < 4.78 is 0.766. The van der Waals surface area contributed by atoms with E-state index in [2.05, 4.69) is 21.2 Å². The summed E-state index contributed by atoms with van der Waals surface area (Å²) in [5.74, 6) is 0.0336. The predicted molar refractivity (Wildman–Crippen MR) is 81.8 cm³/mol.